The van der Waals surface area contributed by atoms with Crippen molar-refractivity contribution in [3.05, 3.63) is 29.8 Å². The Hall–Kier alpha value is -0.910. The highest BCUT2D eigenvalue weighted by atomic mass is 32.2. The Kier molecular flexibility index (Phi) is 4.33. The maximum Gasteiger partial charge on any atom is 0.243 e. The summed E-state index contributed by atoms with van der Waals surface area (Å²) >= 11 is 0. The van der Waals surface area contributed by atoms with Gasteiger partial charge in [0.25, 0.3) is 0 Å². The molecule has 0 bridgehead atoms. The van der Waals surface area contributed by atoms with Gasteiger partial charge in [-0.25, -0.2) is 8.42 Å². The fraction of sp³-hybridized carbons (Fsp3) is 0.625. The second kappa shape index (κ2) is 6.07. The van der Waals surface area contributed by atoms with Crippen molar-refractivity contribution >= 4 is 10.0 Å². The first-order chi connectivity index (χ1) is 10.1. The van der Waals surface area contributed by atoms with E-state index < -0.39 is 10.0 Å². The van der Waals surface area contributed by atoms with E-state index in [1.165, 1.54) is 6.42 Å². The first-order valence-corrected chi connectivity index (χ1v) is 9.28. The third kappa shape index (κ3) is 2.87. The number of rotatable bonds is 3. The minimum Gasteiger partial charge on any atom is -0.392 e. The average Bonchev–Trinajstić information content (AvgIpc) is 2.54. The van der Waals surface area contributed by atoms with Crippen LogP contribution in [0.15, 0.2) is 29.2 Å². The number of nitrogens with zero attached hydrogens (tertiary/aromatic N) is 1. The molecule has 2 aliphatic rings. The largest absolute Gasteiger partial charge is 0.392 e. The molecular formula is C16H23NO3S. The van der Waals surface area contributed by atoms with Gasteiger partial charge < -0.3 is 5.11 Å². The SMILES string of the molecule is O=S(=O)(c1cccc(CO)c1)N1CCCC2CCCCC21. The molecule has 2 atom stereocenters. The second-order valence-electron chi connectivity index (χ2n) is 6.18. The first kappa shape index (κ1) is 15.0. The fourth-order valence-corrected chi connectivity index (χ4v) is 5.64. The Morgan fingerprint density at radius 2 is 1.90 bits per heavy atom. The minimum absolute atomic E-state index is 0.130. The zero-order chi connectivity index (χ0) is 14.9. The van der Waals surface area contributed by atoms with Crippen LogP contribution < -0.4 is 0 Å². The zero-order valence-electron chi connectivity index (χ0n) is 12.2. The fourth-order valence-electron chi connectivity index (χ4n) is 3.82. The quantitative estimate of drug-likeness (QED) is 0.933. The van der Waals surface area contributed by atoms with E-state index in [1.54, 1.807) is 28.6 Å². The van der Waals surface area contributed by atoms with Crippen LogP contribution in [0.2, 0.25) is 0 Å². The normalized spacial score (nSPS) is 27.3. The number of fused-ring (bicyclic) bond motifs is 1. The van der Waals surface area contributed by atoms with E-state index in [9.17, 15) is 13.5 Å². The van der Waals surface area contributed by atoms with Crippen LogP contribution in [0.1, 0.15) is 44.1 Å². The first-order valence-electron chi connectivity index (χ1n) is 7.84. The predicted molar refractivity (Wildman–Crippen MR) is 81.2 cm³/mol. The van der Waals surface area contributed by atoms with Crippen molar-refractivity contribution in [3.63, 3.8) is 0 Å². The number of hydrogen-bond donors (Lipinski definition) is 1. The number of aliphatic hydroxyl groups is 1. The topological polar surface area (TPSA) is 57.6 Å². The number of aliphatic hydroxyl groups excluding tert-OH is 1. The van der Waals surface area contributed by atoms with E-state index in [2.05, 4.69) is 0 Å². The molecule has 5 heteroatoms. The summed E-state index contributed by atoms with van der Waals surface area (Å²) in [5.41, 5.74) is 0.647. The van der Waals surface area contributed by atoms with E-state index in [0.29, 0.717) is 22.9 Å². The Bertz CT molecular complexity index is 597. The summed E-state index contributed by atoms with van der Waals surface area (Å²) < 4.78 is 27.6. The molecule has 0 amide bonds. The lowest BCUT2D eigenvalue weighted by Gasteiger charge is -2.43. The smallest absolute Gasteiger partial charge is 0.243 e. The van der Waals surface area contributed by atoms with Gasteiger partial charge in [-0.1, -0.05) is 25.0 Å². The number of piperidine rings is 1. The number of benzene rings is 1. The van der Waals surface area contributed by atoms with Gasteiger partial charge in [-0.15, -0.1) is 0 Å². The molecule has 3 rings (SSSR count). The molecule has 2 fully saturated rings. The molecule has 0 spiro atoms. The van der Waals surface area contributed by atoms with Gasteiger partial charge in [0.2, 0.25) is 10.0 Å². The minimum atomic E-state index is -3.44. The van der Waals surface area contributed by atoms with E-state index >= 15 is 0 Å². The van der Waals surface area contributed by atoms with Crippen LogP contribution >= 0.6 is 0 Å². The Morgan fingerprint density at radius 3 is 2.71 bits per heavy atom. The molecule has 1 aromatic carbocycles. The summed E-state index contributed by atoms with van der Waals surface area (Å²) in [6, 6.07) is 6.87. The lowest BCUT2D eigenvalue weighted by molar-refractivity contribution is 0.129. The summed E-state index contributed by atoms with van der Waals surface area (Å²) in [6.45, 7) is 0.502. The van der Waals surface area contributed by atoms with Gasteiger partial charge in [0.05, 0.1) is 11.5 Å². The molecule has 21 heavy (non-hydrogen) atoms. The van der Waals surface area contributed by atoms with Gasteiger partial charge >= 0.3 is 0 Å². The van der Waals surface area contributed by atoms with Crippen LogP contribution in [-0.4, -0.2) is 30.4 Å². The van der Waals surface area contributed by atoms with Crippen molar-refractivity contribution < 1.29 is 13.5 Å². The molecular weight excluding hydrogens is 286 g/mol. The zero-order valence-corrected chi connectivity index (χ0v) is 13.1. The standard InChI is InChI=1S/C16H23NO3S/c18-12-13-5-3-8-15(11-13)21(19,20)17-10-4-7-14-6-1-2-9-16(14)17/h3,5,8,11,14,16,18H,1-2,4,6-7,9-10,12H2. The second-order valence-corrected chi connectivity index (χ2v) is 8.07. The van der Waals surface area contributed by atoms with Crippen molar-refractivity contribution in [1.29, 1.82) is 0 Å². The molecule has 2 unspecified atom stereocenters. The van der Waals surface area contributed by atoms with Gasteiger partial charge in [0.1, 0.15) is 0 Å². The Morgan fingerprint density at radius 1 is 1.14 bits per heavy atom. The van der Waals surface area contributed by atoms with Crippen molar-refractivity contribution in [2.24, 2.45) is 5.92 Å². The molecule has 1 saturated heterocycles. The molecule has 1 aliphatic heterocycles. The molecule has 0 radical (unpaired) electrons. The monoisotopic (exact) mass is 309 g/mol. The maximum atomic E-state index is 13.0. The van der Waals surface area contributed by atoms with Crippen LogP contribution in [0.3, 0.4) is 0 Å². The highest BCUT2D eigenvalue weighted by molar-refractivity contribution is 7.89. The summed E-state index contributed by atoms with van der Waals surface area (Å²) in [7, 11) is -3.44. The van der Waals surface area contributed by atoms with Gasteiger partial charge in [-0.3, -0.25) is 0 Å². The van der Waals surface area contributed by atoms with Crippen molar-refractivity contribution in [1.82, 2.24) is 4.31 Å². The molecule has 1 heterocycles. The van der Waals surface area contributed by atoms with Gasteiger partial charge in [0.15, 0.2) is 0 Å². The molecule has 0 aromatic heterocycles. The average molecular weight is 309 g/mol. The highest BCUT2D eigenvalue weighted by Gasteiger charge is 2.39. The van der Waals surface area contributed by atoms with Crippen molar-refractivity contribution in [3.8, 4) is 0 Å². The van der Waals surface area contributed by atoms with Gasteiger partial charge in [0, 0.05) is 12.6 Å². The van der Waals surface area contributed by atoms with Crippen LogP contribution in [0.25, 0.3) is 0 Å². The van der Waals surface area contributed by atoms with Gasteiger partial charge in [-0.2, -0.15) is 4.31 Å². The van der Waals surface area contributed by atoms with E-state index in [4.69, 9.17) is 0 Å². The van der Waals surface area contributed by atoms with Crippen molar-refractivity contribution in [2.75, 3.05) is 6.54 Å². The summed E-state index contributed by atoms with van der Waals surface area (Å²) in [5, 5.41) is 9.22. The van der Waals surface area contributed by atoms with Crippen molar-refractivity contribution in [2.45, 2.75) is 56.1 Å². The Balaban J connectivity index is 1.92. The van der Waals surface area contributed by atoms with Crippen LogP contribution in [0.5, 0.6) is 0 Å². The summed E-state index contributed by atoms with van der Waals surface area (Å²) in [6.07, 6.45) is 6.63. The molecule has 1 saturated carbocycles. The predicted octanol–water partition coefficient (Wildman–Crippen LogP) is 2.52. The van der Waals surface area contributed by atoms with Crippen LogP contribution in [0, 0.1) is 5.92 Å². The summed E-state index contributed by atoms with van der Waals surface area (Å²) in [5.74, 6) is 0.531. The lowest BCUT2D eigenvalue weighted by Crippen LogP contribution is -2.49. The molecule has 1 aromatic rings. The van der Waals surface area contributed by atoms with E-state index in [0.717, 1.165) is 32.1 Å². The third-order valence-corrected chi connectivity index (χ3v) is 6.80. The maximum absolute atomic E-state index is 13.0. The molecule has 116 valence electrons. The molecule has 1 N–H and O–H groups in total. The summed E-state index contributed by atoms with van der Waals surface area (Å²) in [4.78, 5) is 0.320. The lowest BCUT2D eigenvalue weighted by atomic mass is 9.79. The van der Waals surface area contributed by atoms with E-state index in [-0.39, 0.29) is 12.6 Å². The van der Waals surface area contributed by atoms with E-state index in [1.807, 2.05) is 0 Å². The Labute approximate surface area is 126 Å². The van der Waals surface area contributed by atoms with Crippen LogP contribution in [-0.2, 0) is 16.6 Å². The molecule has 4 nitrogen and oxygen atoms in total. The number of sulfonamides is 1. The highest BCUT2D eigenvalue weighted by Crippen LogP contribution is 2.38. The van der Waals surface area contributed by atoms with Crippen LogP contribution in [0.4, 0.5) is 0 Å². The molecule has 1 aliphatic carbocycles. The third-order valence-electron chi connectivity index (χ3n) is 4.88. The van der Waals surface area contributed by atoms with Gasteiger partial charge in [-0.05, 0) is 49.3 Å². The number of hydrogen-bond acceptors (Lipinski definition) is 3.